The Hall–Kier alpha value is -5.16. The molecule has 2 aliphatic rings. The lowest BCUT2D eigenvalue weighted by Gasteiger charge is -2.43. The number of benzene rings is 3. The van der Waals surface area contributed by atoms with Gasteiger partial charge in [-0.25, -0.2) is 0 Å². The van der Waals surface area contributed by atoms with Gasteiger partial charge in [0.05, 0.1) is 35.4 Å². The SMILES string of the molecule is CC(=O)C1C(C)=NC(COCCN=[N+]=[N-])=C(N(C=O)CCCN2CCC(c3ccccc3)(c3ccccc3)CC2)C1c1ccc([N+](=O)[O-])cc1. The molecule has 0 aliphatic carbocycles. The van der Waals surface area contributed by atoms with E-state index in [0.29, 0.717) is 35.6 Å². The van der Waals surface area contributed by atoms with Gasteiger partial charge in [-0.2, -0.15) is 0 Å². The van der Waals surface area contributed by atoms with Gasteiger partial charge in [-0.3, -0.25) is 24.7 Å². The number of ether oxygens (including phenoxy) is 1. The number of amides is 1. The van der Waals surface area contributed by atoms with Crippen molar-refractivity contribution in [3.63, 3.8) is 0 Å². The highest BCUT2D eigenvalue weighted by molar-refractivity contribution is 6.05. The van der Waals surface area contributed by atoms with E-state index >= 15 is 0 Å². The minimum atomic E-state index is -0.674. The molecule has 12 heteroatoms. The molecule has 5 rings (SSSR count). The van der Waals surface area contributed by atoms with E-state index < -0.39 is 16.8 Å². The number of nitro groups is 1. The molecule has 0 bridgehead atoms. The van der Waals surface area contributed by atoms with Gasteiger partial charge in [0.25, 0.3) is 5.69 Å². The molecule has 1 amide bonds. The number of carbonyl (C=O) groups is 2. The second kappa shape index (κ2) is 17.0. The quantitative estimate of drug-likeness (QED) is 0.0308. The van der Waals surface area contributed by atoms with Crippen LogP contribution in [-0.4, -0.2) is 78.6 Å². The zero-order valence-electron chi connectivity index (χ0n) is 28.6. The molecular weight excluding hydrogens is 634 g/mol. The Morgan fingerprint density at radius 2 is 1.70 bits per heavy atom. The van der Waals surface area contributed by atoms with Gasteiger partial charge in [0, 0.05) is 47.2 Å². The van der Waals surface area contributed by atoms with Crippen molar-refractivity contribution in [2.45, 2.75) is 44.4 Å². The van der Waals surface area contributed by atoms with Crippen LogP contribution in [0.5, 0.6) is 0 Å². The highest BCUT2D eigenvalue weighted by Gasteiger charge is 2.40. The minimum absolute atomic E-state index is 0.0270. The Balaban J connectivity index is 1.37. The molecule has 2 unspecified atom stereocenters. The Morgan fingerprint density at radius 3 is 2.24 bits per heavy atom. The highest BCUT2D eigenvalue weighted by Crippen LogP contribution is 2.43. The van der Waals surface area contributed by atoms with Crippen LogP contribution < -0.4 is 0 Å². The van der Waals surface area contributed by atoms with E-state index in [2.05, 4.69) is 75.6 Å². The van der Waals surface area contributed by atoms with Crippen molar-refractivity contribution in [2.24, 2.45) is 16.0 Å². The van der Waals surface area contributed by atoms with Gasteiger partial charge in [-0.15, -0.1) is 0 Å². The van der Waals surface area contributed by atoms with E-state index in [4.69, 9.17) is 15.3 Å². The molecule has 0 radical (unpaired) electrons. The van der Waals surface area contributed by atoms with Crippen LogP contribution in [0.25, 0.3) is 10.4 Å². The number of nitro benzene ring substituents is 1. The van der Waals surface area contributed by atoms with Crippen LogP contribution in [0.1, 0.15) is 55.7 Å². The van der Waals surface area contributed by atoms with Crippen molar-refractivity contribution >= 4 is 23.6 Å². The molecule has 0 N–H and O–H groups in total. The summed E-state index contributed by atoms with van der Waals surface area (Å²) >= 11 is 0. The standard InChI is InChI=1S/C38H43N7O5/c1-28-35(29(2)47)36(30-14-16-33(17-15-30)45(48)49)37(34(41-28)26-50-25-20-40-42-39)44(27-46)22-9-21-43-23-18-38(19-24-43,31-10-5-3-6-11-31)32-12-7-4-8-13-32/h3-8,10-17,27,35-36H,9,18-26H2,1-2H3. The predicted molar refractivity (Wildman–Crippen MR) is 192 cm³/mol. The summed E-state index contributed by atoms with van der Waals surface area (Å²) in [5.41, 5.74) is 13.4. The molecule has 260 valence electrons. The number of azide groups is 1. The summed E-state index contributed by atoms with van der Waals surface area (Å²) < 4.78 is 5.82. The molecule has 0 aromatic heterocycles. The van der Waals surface area contributed by atoms with E-state index in [-0.39, 0.29) is 36.6 Å². The van der Waals surface area contributed by atoms with Crippen molar-refractivity contribution in [1.82, 2.24) is 9.80 Å². The summed E-state index contributed by atoms with van der Waals surface area (Å²) in [6.07, 6.45) is 3.39. The number of piperidine rings is 1. The lowest BCUT2D eigenvalue weighted by Crippen LogP contribution is -2.44. The van der Waals surface area contributed by atoms with E-state index in [9.17, 15) is 19.7 Å². The second-order valence-electron chi connectivity index (χ2n) is 12.8. The van der Waals surface area contributed by atoms with E-state index in [1.54, 1.807) is 24.0 Å². The highest BCUT2D eigenvalue weighted by atomic mass is 16.6. The number of non-ortho nitro benzene ring substituents is 1. The molecule has 3 aromatic carbocycles. The van der Waals surface area contributed by atoms with Crippen LogP contribution >= 0.6 is 0 Å². The molecule has 2 heterocycles. The smallest absolute Gasteiger partial charge is 0.269 e. The largest absolute Gasteiger partial charge is 0.375 e. The lowest BCUT2D eigenvalue weighted by atomic mass is 9.68. The fourth-order valence-electron chi connectivity index (χ4n) is 7.48. The number of hydrogen-bond donors (Lipinski definition) is 0. The first-order chi connectivity index (χ1) is 24.3. The number of allylic oxidation sites excluding steroid dienone is 1. The molecule has 2 atom stereocenters. The first kappa shape index (κ1) is 36.1. The van der Waals surface area contributed by atoms with Crippen molar-refractivity contribution in [3.05, 3.63) is 134 Å². The fraction of sp³-hybridized carbons (Fsp3) is 0.395. The number of rotatable bonds is 16. The maximum absolute atomic E-state index is 13.1. The van der Waals surface area contributed by atoms with E-state index in [0.717, 1.165) is 38.9 Å². The summed E-state index contributed by atoms with van der Waals surface area (Å²) in [7, 11) is 0. The average Bonchev–Trinajstić information content (AvgIpc) is 3.14. The van der Waals surface area contributed by atoms with Gasteiger partial charge in [-0.05, 0) is 75.0 Å². The van der Waals surface area contributed by atoms with Crippen LogP contribution in [0.2, 0.25) is 0 Å². The molecule has 1 saturated heterocycles. The number of hydrogen-bond acceptors (Lipinski definition) is 8. The van der Waals surface area contributed by atoms with Gasteiger partial charge in [0.1, 0.15) is 5.78 Å². The number of carbonyl (C=O) groups excluding carboxylic acids is 2. The summed E-state index contributed by atoms with van der Waals surface area (Å²) in [5, 5.41) is 14.9. The number of nitrogens with zero attached hydrogens (tertiary/aromatic N) is 7. The number of Topliss-reactive ketones (excluding diaryl/α,β-unsaturated/α-hetero) is 1. The predicted octanol–water partition coefficient (Wildman–Crippen LogP) is 6.83. The Kier molecular flexibility index (Phi) is 12.3. The maximum atomic E-state index is 13.1. The zero-order chi connectivity index (χ0) is 35.5. The third kappa shape index (κ3) is 8.16. The van der Waals surface area contributed by atoms with Gasteiger partial charge >= 0.3 is 0 Å². The van der Waals surface area contributed by atoms with Crippen LogP contribution in [0.3, 0.4) is 0 Å². The first-order valence-electron chi connectivity index (χ1n) is 17.0. The van der Waals surface area contributed by atoms with Crippen LogP contribution in [0, 0.1) is 16.0 Å². The van der Waals surface area contributed by atoms with Gasteiger partial charge in [-0.1, -0.05) is 77.9 Å². The normalized spacial score (nSPS) is 18.9. The lowest BCUT2D eigenvalue weighted by molar-refractivity contribution is -0.384. The van der Waals surface area contributed by atoms with Crippen LogP contribution in [0.4, 0.5) is 5.69 Å². The Labute approximate surface area is 292 Å². The van der Waals surface area contributed by atoms with Gasteiger partial charge < -0.3 is 14.5 Å². The van der Waals surface area contributed by atoms with Crippen LogP contribution in [-0.2, 0) is 19.7 Å². The monoisotopic (exact) mass is 677 g/mol. The number of likely N-dealkylation sites (tertiary alicyclic amines) is 1. The van der Waals surface area contributed by atoms with Crippen molar-refractivity contribution in [2.75, 3.05) is 45.9 Å². The average molecular weight is 678 g/mol. The number of aliphatic imine (C=N–C) groups is 1. The third-order valence-electron chi connectivity index (χ3n) is 9.90. The summed E-state index contributed by atoms with van der Waals surface area (Å²) in [5.74, 6) is -1.42. The summed E-state index contributed by atoms with van der Waals surface area (Å²) in [6.45, 7) is 6.53. The second-order valence-corrected chi connectivity index (χ2v) is 12.8. The van der Waals surface area contributed by atoms with Gasteiger partial charge in [0.2, 0.25) is 6.41 Å². The third-order valence-corrected chi connectivity index (χ3v) is 9.90. The molecule has 0 spiro atoms. The molecule has 3 aromatic rings. The molecule has 0 saturated carbocycles. The molecular formula is C38H43N7O5. The molecule has 50 heavy (non-hydrogen) atoms. The zero-order valence-corrected chi connectivity index (χ0v) is 28.6. The topological polar surface area (TPSA) is 154 Å². The first-order valence-corrected chi connectivity index (χ1v) is 17.0. The van der Waals surface area contributed by atoms with Crippen molar-refractivity contribution < 1.29 is 19.2 Å². The summed E-state index contributed by atoms with van der Waals surface area (Å²) in [6, 6.07) is 27.5. The Morgan fingerprint density at radius 1 is 1.08 bits per heavy atom. The molecule has 12 nitrogen and oxygen atoms in total. The Bertz CT molecular complexity index is 1710. The fourth-order valence-corrected chi connectivity index (χ4v) is 7.48. The van der Waals surface area contributed by atoms with Gasteiger partial charge in [0.15, 0.2) is 0 Å². The van der Waals surface area contributed by atoms with E-state index in [1.165, 1.54) is 30.2 Å². The van der Waals surface area contributed by atoms with Crippen molar-refractivity contribution in [3.8, 4) is 0 Å². The van der Waals surface area contributed by atoms with Crippen molar-refractivity contribution in [1.29, 1.82) is 0 Å². The molecule has 2 aliphatic heterocycles. The minimum Gasteiger partial charge on any atom is -0.375 e. The number of ketones is 1. The van der Waals surface area contributed by atoms with Crippen LogP contribution in [0.15, 0.2) is 106 Å². The van der Waals surface area contributed by atoms with E-state index in [1.807, 2.05) is 0 Å². The molecule has 1 fully saturated rings. The maximum Gasteiger partial charge on any atom is 0.269 e. The summed E-state index contributed by atoms with van der Waals surface area (Å²) in [4.78, 5) is 48.6.